The molecule has 0 atom stereocenters. The number of carbonyl (C=O) groups excluding carboxylic acids is 1. The normalized spacial score (nSPS) is 18.6. The number of nitrogens with zero attached hydrogens (tertiary/aromatic N) is 1. The molecule has 2 saturated carbocycles. The molecule has 0 saturated heterocycles. The zero-order valence-corrected chi connectivity index (χ0v) is 16.8. The third-order valence-electron chi connectivity index (χ3n) is 6.38. The number of nitrogens with one attached hydrogen (secondary N) is 1. The first-order chi connectivity index (χ1) is 13.8. The maximum atomic E-state index is 13.8. The fourth-order valence-electron chi connectivity index (χ4n) is 4.94. The van der Waals surface area contributed by atoms with Crippen LogP contribution in [0.4, 0.5) is 11.4 Å². The fourth-order valence-corrected chi connectivity index (χ4v) is 4.94. The highest BCUT2D eigenvalue weighted by molar-refractivity contribution is 6.00. The van der Waals surface area contributed by atoms with Gasteiger partial charge >= 0.3 is 0 Å². The number of hydrogen-bond donors (Lipinski definition) is 1. The van der Waals surface area contributed by atoms with E-state index in [4.69, 9.17) is 0 Å². The van der Waals surface area contributed by atoms with Crippen LogP contribution in [-0.2, 0) is 0 Å². The molecule has 0 heterocycles. The smallest absolute Gasteiger partial charge is 0.256 e. The molecule has 2 aliphatic carbocycles. The van der Waals surface area contributed by atoms with Gasteiger partial charge in [-0.1, -0.05) is 68.9 Å². The van der Waals surface area contributed by atoms with E-state index >= 15 is 0 Å². The van der Waals surface area contributed by atoms with Crippen LogP contribution in [0, 0.1) is 0 Å². The van der Waals surface area contributed by atoms with Crippen molar-refractivity contribution in [2.75, 3.05) is 5.32 Å². The van der Waals surface area contributed by atoms with Crippen molar-refractivity contribution in [1.82, 2.24) is 4.90 Å². The van der Waals surface area contributed by atoms with Crippen LogP contribution in [-0.4, -0.2) is 22.9 Å². The molecule has 4 rings (SSSR count). The number of para-hydroxylation sites is 2. The molecule has 148 valence electrons. The first-order valence-corrected chi connectivity index (χ1v) is 11.1. The first-order valence-electron chi connectivity index (χ1n) is 11.1. The lowest BCUT2D eigenvalue weighted by atomic mass is 9.88. The van der Waals surface area contributed by atoms with Gasteiger partial charge in [-0.2, -0.15) is 0 Å². The summed E-state index contributed by atoms with van der Waals surface area (Å²) in [6.07, 6.45) is 12.3. The van der Waals surface area contributed by atoms with Crippen molar-refractivity contribution in [3.05, 3.63) is 60.2 Å². The Kier molecular flexibility index (Phi) is 6.31. The number of rotatable bonds is 5. The van der Waals surface area contributed by atoms with Crippen molar-refractivity contribution < 1.29 is 4.79 Å². The van der Waals surface area contributed by atoms with Crippen LogP contribution < -0.4 is 5.32 Å². The summed E-state index contributed by atoms with van der Waals surface area (Å²) in [5, 5.41) is 3.47. The Labute approximate surface area is 169 Å². The lowest BCUT2D eigenvalue weighted by Crippen LogP contribution is -2.48. The van der Waals surface area contributed by atoms with Crippen LogP contribution in [0.1, 0.15) is 74.6 Å². The molecule has 2 aliphatic rings. The molecule has 28 heavy (non-hydrogen) atoms. The summed E-state index contributed by atoms with van der Waals surface area (Å²) in [5.74, 6) is 0.220. The summed E-state index contributed by atoms with van der Waals surface area (Å²) in [4.78, 5) is 16.1. The molecule has 3 nitrogen and oxygen atoms in total. The summed E-state index contributed by atoms with van der Waals surface area (Å²) in [5.41, 5.74) is 2.74. The fraction of sp³-hybridized carbons (Fsp3) is 0.480. The van der Waals surface area contributed by atoms with Gasteiger partial charge in [-0.05, 0) is 49.9 Å². The molecule has 3 heteroatoms. The number of carbonyl (C=O) groups is 1. The maximum Gasteiger partial charge on any atom is 0.256 e. The summed E-state index contributed by atoms with van der Waals surface area (Å²) in [6, 6.07) is 19.0. The molecule has 0 unspecified atom stereocenters. The highest BCUT2D eigenvalue weighted by Crippen LogP contribution is 2.33. The van der Waals surface area contributed by atoms with Crippen LogP contribution in [0.25, 0.3) is 0 Å². The molecule has 1 amide bonds. The second-order valence-corrected chi connectivity index (χ2v) is 8.33. The predicted molar refractivity (Wildman–Crippen MR) is 116 cm³/mol. The van der Waals surface area contributed by atoms with Gasteiger partial charge in [0, 0.05) is 17.8 Å². The van der Waals surface area contributed by atoms with E-state index in [1.54, 1.807) is 0 Å². The van der Waals surface area contributed by atoms with Gasteiger partial charge < -0.3 is 10.2 Å². The van der Waals surface area contributed by atoms with E-state index in [-0.39, 0.29) is 5.91 Å². The van der Waals surface area contributed by atoms with E-state index in [2.05, 4.69) is 10.2 Å². The Balaban J connectivity index is 1.62. The predicted octanol–water partition coefficient (Wildman–Crippen LogP) is 6.54. The van der Waals surface area contributed by atoms with E-state index in [9.17, 15) is 4.79 Å². The number of amides is 1. The molecular formula is C25H32N2O. The third kappa shape index (κ3) is 4.40. The van der Waals surface area contributed by atoms with Crippen molar-refractivity contribution in [2.45, 2.75) is 76.3 Å². The standard InChI is InChI=1S/C25H32N2O/c28-25(23-18-10-11-19-24(23)26-20-12-4-1-5-13-20)27(21-14-6-2-7-15-21)22-16-8-3-9-17-22/h1,4-5,10-13,18-19,21-22,26H,2-3,6-9,14-17H2. The van der Waals surface area contributed by atoms with E-state index in [0.717, 1.165) is 42.6 Å². The van der Waals surface area contributed by atoms with Gasteiger partial charge in [0.15, 0.2) is 0 Å². The number of anilines is 2. The Morgan fingerprint density at radius 2 is 1.25 bits per heavy atom. The van der Waals surface area contributed by atoms with Crippen molar-refractivity contribution in [3.63, 3.8) is 0 Å². The van der Waals surface area contributed by atoms with Gasteiger partial charge in [-0.3, -0.25) is 4.79 Å². The Morgan fingerprint density at radius 3 is 1.86 bits per heavy atom. The number of hydrogen-bond acceptors (Lipinski definition) is 2. The lowest BCUT2D eigenvalue weighted by Gasteiger charge is -2.42. The van der Waals surface area contributed by atoms with E-state index in [1.807, 2.05) is 54.6 Å². The summed E-state index contributed by atoms with van der Waals surface area (Å²) in [6.45, 7) is 0. The summed E-state index contributed by atoms with van der Waals surface area (Å²) in [7, 11) is 0. The molecule has 2 aromatic rings. The van der Waals surface area contributed by atoms with Gasteiger partial charge in [0.25, 0.3) is 5.91 Å². The van der Waals surface area contributed by atoms with E-state index in [1.165, 1.54) is 38.5 Å². The molecule has 0 radical (unpaired) electrons. The van der Waals surface area contributed by atoms with Gasteiger partial charge in [0.1, 0.15) is 0 Å². The van der Waals surface area contributed by atoms with Crippen molar-refractivity contribution in [3.8, 4) is 0 Å². The van der Waals surface area contributed by atoms with Gasteiger partial charge in [0.2, 0.25) is 0 Å². The van der Waals surface area contributed by atoms with Crippen molar-refractivity contribution in [2.24, 2.45) is 0 Å². The zero-order chi connectivity index (χ0) is 19.2. The molecule has 0 spiro atoms. The highest BCUT2D eigenvalue weighted by Gasteiger charge is 2.33. The number of benzene rings is 2. The molecule has 2 fully saturated rings. The molecule has 2 aromatic carbocycles. The molecule has 0 aliphatic heterocycles. The van der Waals surface area contributed by atoms with Crippen LogP contribution in [0.5, 0.6) is 0 Å². The van der Waals surface area contributed by atoms with Crippen LogP contribution in [0.2, 0.25) is 0 Å². The van der Waals surface area contributed by atoms with E-state index in [0.29, 0.717) is 12.1 Å². The lowest BCUT2D eigenvalue weighted by molar-refractivity contribution is 0.0449. The van der Waals surface area contributed by atoms with Gasteiger partial charge in [-0.15, -0.1) is 0 Å². The topological polar surface area (TPSA) is 32.3 Å². The largest absolute Gasteiger partial charge is 0.355 e. The minimum absolute atomic E-state index is 0.220. The van der Waals surface area contributed by atoms with E-state index < -0.39 is 0 Å². The van der Waals surface area contributed by atoms with Crippen LogP contribution >= 0.6 is 0 Å². The average Bonchev–Trinajstić information content (AvgIpc) is 2.76. The first kappa shape index (κ1) is 19.0. The quantitative estimate of drug-likeness (QED) is 0.643. The molecule has 1 N–H and O–H groups in total. The van der Waals surface area contributed by atoms with Gasteiger partial charge in [0.05, 0.1) is 11.3 Å². The summed E-state index contributed by atoms with van der Waals surface area (Å²) >= 11 is 0. The van der Waals surface area contributed by atoms with Crippen molar-refractivity contribution in [1.29, 1.82) is 0 Å². The monoisotopic (exact) mass is 376 g/mol. The Hall–Kier alpha value is -2.29. The second-order valence-electron chi connectivity index (χ2n) is 8.33. The average molecular weight is 377 g/mol. The third-order valence-corrected chi connectivity index (χ3v) is 6.38. The second kappa shape index (κ2) is 9.27. The molecule has 0 aromatic heterocycles. The maximum absolute atomic E-state index is 13.8. The van der Waals surface area contributed by atoms with Crippen LogP contribution in [0.15, 0.2) is 54.6 Å². The SMILES string of the molecule is O=C(c1ccccc1Nc1ccccc1)N(C1CCCCC1)C1CCCCC1. The Bertz CT molecular complexity index is 743. The molecule has 0 bridgehead atoms. The molecular weight excluding hydrogens is 344 g/mol. The minimum Gasteiger partial charge on any atom is -0.355 e. The zero-order valence-electron chi connectivity index (χ0n) is 16.8. The van der Waals surface area contributed by atoms with Crippen molar-refractivity contribution >= 4 is 17.3 Å². The highest BCUT2D eigenvalue weighted by atomic mass is 16.2. The van der Waals surface area contributed by atoms with Crippen LogP contribution in [0.3, 0.4) is 0 Å². The summed E-state index contributed by atoms with van der Waals surface area (Å²) < 4.78 is 0. The van der Waals surface area contributed by atoms with Gasteiger partial charge in [-0.25, -0.2) is 0 Å². The Morgan fingerprint density at radius 1 is 0.714 bits per heavy atom. The minimum atomic E-state index is 0.220.